The number of nitro groups is 1. The van der Waals surface area contributed by atoms with Crippen LogP contribution in [0.3, 0.4) is 0 Å². The minimum Gasteiger partial charge on any atom is -0.493 e. The SMILES string of the molecule is CCCCCCCCSC1CC(=O)N(CCCC(=O)OC(C)c2cc(OC)c(OCc3cn(C(C)c4ccccc4)nn3)cc2[N+](=O)[O-])C1=O. The lowest BCUT2D eigenvalue weighted by Gasteiger charge is -2.18. The maximum absolute atomic E-state index is 12.8. The number of nitro benzene ring substituents is 1. The quantitative estimate of drug-likeness (QED) is 0.0369. The number of unbranched alkanes of at least 4 members (excludes halogenated alkanes) is 5. The minimum absolute atomic E-state index is 0.0144. The zero-order valence-corrected chi connectivity index (χ0v) is 30.1. The van der Waals surface area contributed by atoms with Crippen molar-refractivity contribution in [2.75, 3.05) is 19.4 Å². The molecule has 2 aromatic carbocycles. The molecule has 1 aliphatic rings. The molecule has 0 radical (unpaired) electrons. The van der Waals surface area contributed by atoms with Gasteiger partial charge >= 0.3 is 5.97 Å². The number of aromatic nitrogens is 3. The molecule has 2 amide bonds. The van der Waals surface area contributed by atoms with Crippen LogP contribution < -0.4 is 9.47 Å². The highest BCUT2D eigenvalue weighted by atomic mass is 32.2. The van der Waals surface area contributed by atoms with Crippen molar-refractivity contribution in [1.29, 1.82) is 0 Å². The molecule has 1 aliphatic heterocycles. The Bertz CT molecular complexity index is 1600. The smallest absolute Gasteiger partial charge is 0.306 e. The molecule has 270 valence electrons. The number of thioether (sulfide) groups is 1. The van der Waals surface area contributed by atoms with Gasteiger partial charge in [0.05, 0.1) is 41.2 Å². The van der Waals surface area contributed by atoms with Crippen LogP contribution in [-0.2, 0) is 25.7 Å². The molecule has 50 heavy (non-hydrogen) atoms. The minimum atomic E-state index is -0.983. The van der Waals surface area contributed by atoms with Crippen molar-refractivity contribution in [2.45, 2.75) is 103 Å². The molecule has 0 spiro atoms. The molecule has 3 unspecified atom stereocenters. The number of carbonyl (C=O) groups excluding carboxylic acids is 3. The molecule has 0 bridgehead atoms. The van der Waals surface area contributed by atoms with Crippen molar-refractivity contribution < 1.29 is 33.5 Å². The van der Waals surface area contributed by atoms with Gasteiger partial charge in [-0.15, -0.1) is 16.9 Å². The summed E-state index contributed by atoms with van der Waals surface area (Å²) < 4.78 is 18.6. The van der Waals surface area contributed by atoms with Crippen LogP contribution in [-0.4, -0.2) is 67.3 Å². The van der Waals surface area contributed by atoms with Gasteiger partial charge in [-0.25, -0.2) is 4.68 Å². The Morgan fingerprint density at radius 3 is 2.52 bits per heavy atom. The summed E-state index contributed by atoms with van der Waals surface area (Å²) in [6.07, 6.45) is 8.12. The molecule has 3 atom stereocenters. The normalized spacial score (nSPS) is 15.6. The van der Waals surface area contributed by atoms with Crippen LogP contribution in [0.1, 0.15) is 108 Å². The number of hydrogen-bond donors (Lipinski definition) is 0. The van der Waals surface area contributed by atoms with E-state index < -0.39 is 17.0 Å². The number of hydrogen-bond acceptors (Lipinski definition) is 11. The fourth-order valence-electron chi connectivity index (χ4n) is 5.75. The van der Waals surface area contributed by atoms with Crippen LogP contribution in [0.25, 0.3) is 0 Å². The number of carbonyl (C=O) groups is 3. The molecule has 4 rings (SSSR count). The number of ether oxygens (including phenoxy) is 3. The Kier molecular flexibility index (Phi) is 14.6. The lowest BCUT2D eigenvalue weighted by Crippen LogP contribution is -2.32. The van der Waals surface area contributed by atoms with E-state index in [1.807, 2.05) is 37.3 Å². The monoisotopic (exact) mass is 709 g/mol. The van der Waals surface area contributed by atoms with Crippen molar-refractivity contribution >= 4 is 35.2 Å². The van der Waals surface area contributed by atoms with E-state index in [0.29, 0.717) is 5.69 Å². The Morgan fingerprint density at radius 2 is 1.80 bits per heavy atom. The summed E-state index contributed by atoms with van der Waals surface area (Å²) in [5.41, 5.74) is 1.40. The lowest BCUT2D eigenvalue weighted by atomic mass is 10.1. The van der Waals surface area contributed by atoms with Crippen LogP contribution in [0.4, 0.5) is 5.69 Å². The summed E-state index contributed by atoms with van der Waals surface area (Å²) >= 11 is 1.53. The Morgan fingerprint density at radius 1 is 1.06 bits per heavy atom. The van der Waals surface area contributed by atoms with Crippen molar-refractivity contribution in [3.63, 3.8) is 0 Å². The molecule has 3 aromatic rings. The van der Waals surface area contributed by atoms with Gasteiger partial charge in [-0.05, 0) is 44.1 Å². The molecule has 1 aromatic heterocycles. The first-order chi connectivity index (χ1) is 24.1. The topological polar surface area (TPSA) is 156 Å². The lowest BCUT2D eigenvalue weighted by molar-refractivity contribution is -0.386. The molecule has 0 saturated carbocycles. The number of amides is 2. The van der Waals surface area contributed by atoms with E-state index in [-0.39, 0.29) is 78.3 Å². The molecular formula is C36H47N5O8S. The number of methoxy groups -OCH3 is 1. The first-order valence-electron chi connectivity index (χ1n) is 17.2. The predicted octanol–water partition coefficient (Wildman–Crippen LogP) is 6.99. The third kappa shape index (κ3) is 10.5. The largest absolute Gasteiger partial charge is 0.493 e. The molecule has 0 aliphatic carbocycles. The molecule has 1 fully saturated rings. The van der Waals surface area contributed by atoms with Gasteiger partial charge < -0.3 is 14.2 Å². The van der Waals surface area contributed by atoms with Crippen molar-refractivity contribution in [2.24, 2.45) is 0 Å². The van der Waals surface area contributed by atoms with Crippen molar-refractivity contribution in [1.82, 2.24) is 19.9 Å². The molecular weight excluding hydrogens is 662 g/mol. The first-order valence-corrected chi connectivity index (χ1v) is 18.3. The third-order valence-electron chi connectivity index (χ3n) is 8.65. The van der Waals surface area contributed by atoms with Gasteiger partial charge in [-0.3, -0.25) is 29.4 Å². The van der Waals surface area contributed by atoms with E-state index in [1.165, 1.54) is 68.5 Å². The zero-order chi connectivity index (χ0) is 36.0. The van der Waals surface area contributed by atoms with Crippen LogP contribution in [0, 0.1) is 10.1 Å². The van der Waals surface area contributed by atoms with Crippen LogP contribution in [0.5, 0.6) is 11.5 Å². The summed E-state index contributed by atoms with van der Waals surface area (Å²) in [6, 6.07) is 12.4. The van der Waals surface area contributed by atoms with Crippen LogP contribution in [0.2, 0.25) is 0 Å². The number of nitrogens with zero attached hydrogens (tertiary/aromatic N) is 5. The average molecular weight is 710 g/mol. The molecule has 14 heteroatoms. The number of benzene rings is 2. The number of imide groups is 1. The maximum atomic E-state index is 12.8. The van der Waals surface area contributed by atoms with Gasteiger partial charge in [-0.1, -0.05) is 74.6 Å². The van der Waals surface area contributed by atoms with Crippen molar-refractivity contribution in [3.05, 3.63) is 75.6 Å². The third-order valence-corrected chi connectivity index (χ3v) is 9.95. The van der Waals surface area contributed by atoms with Gasteiger partial charge in [0.25, 0.3) is 5.69 Å². The standard InChI is InChI=1S/C36H47N5O8S/c1-5-6-7-8-9-13-19-50-33-22-34(42)39(36(33)44)18-14-17-35(43)49-26(3)29-20-31(47-4)32(21-30(29)41(45)46)48-24-28-23-40(38-37-28)25(2)27-15-11-10-12-16-27/h10-12,15-16,20-21,23,25-26,33H,5-9,13-14,17-19,22,24H2,1-4H3. The highest BCUT2D eigenvalue weighted by Crippen LogP contribution is 2.39. The fourth-order valence-corrected chi connectivity index (χ4v) is 6.94. The van der Waals surface area contributed by atoms with Crippen molar-refractivity contribution in [3.8, 4) is 11.5 Å². The fraction of sp³-hybridized carbons (Fsp3) is 0.528. The van der Waals surface area contributed by atoms with Gasteiger partial charge in [0.15, 0.2) is 11.5 Å². The summed E-state index contributed by atoms with van der Waals surface area (Å²) in [6.45, 7) is 5.82. The van der Waals surface area contributed by atoms with Gasteiger partial charge in [0.2, 0.25) is 11.8 Å². The van der Waals surface area contributed by atoms with Crippen LogP contribution >= 0.6 is 11.8 Å². The van der Waals surface area contributed by atoms with Gasteiger partial charge in [0.1, 0.15) is 18.4 Å². The zero-order valence-electron chi connectivity index (χ0n) is 29.2. The highest BCUT2D eigenvalue weighted by Gasteiger charge is 2.38. The van der Waals surface area contributed by atoms with E-state index >= 15 is 0 Å². The van der Waals surface area contributed by atoms with Gasteiger partial charge in [-0.2, -0.15) is 0 Å². The van der Waals surface area contributed by atoms with Crippen LogP contribution in [0.15, 0.2) is 48.7 Å². The Labute approximate surface area is 297 Å². The summed E-state index contributed by atoms with van der Waals surface area (Å²) in [4.78, 5) is 50.8. The second kappa shape index (κ2) is 19.1. The number of rotatable bonds is 21. The second-order valence-corrected chi connectivity index (χ2v) is 13.6. The second-order valence-electron chi connectivity index (χ2n) is 12.3. The van der Waals surface area contributed by atoms with E-state index in [9.17, 15) is 24.5 Å². The molecule has 13 nitrogen and oxygen atoms in total. The first kappa shape index (κ1) is 38.3. The van der Waals surface area contributed by atoms with Gasteiger partial charge in [0, 0.05) is 19.4 Å². The maximum Gasteiger partial charge on any atom is 0.306 e. The molecule has 2 heterocycles. The predicted molar refractivity (Wildman–Crippen MR) is 189 cm³/mol. The molecule has 1 saturated heterocycles. The number of likely N-dealkylation sites (tertiary alicyclic amines) is 1. The molecule has 0 N–H and O–H groups in total. The Balaban J connectivity index is 1.28. The Hall–Kier alpha value is -4.46. The summed E-state index contributed by atoms with van der Waals surface area (Å²) in [7, 11) is 1.41. The van der Waals surface area contributed by atoms with E-state index in [1.54, 1.807) is 10.9 Å². The average Bonchev–Trinajstić information content (AvgIpc) is 3.70. The summed E-state index contributed by atoms with van der Waals surface area (Å²) in [5, 5.41) is 20.1. The van der Waals surface area contributed by atoms with E-state index in [2.05, 4.69) is 17.2 Å². The summed E-state index contributed by atoms with van der Waals surface area (Å²) in [5.74, 6) is 0.142. The van der Waals surface area contributed by atoms with E-state index in [0.717, 1.165) is 24.2 Å². The highest BCUT2D eigenvalue weighted by molar-refractivity contribution is 8.00. The van der Waals surface area contributed by atoms with E-state index in [4.69, 9.17) is 14.2 Å². The number of esters is 1.